The summed E-state index contributed by atoms with van der Waals surface area (Å²) in [4.78, 5) is 0. The van der Waals surface area contributed by atoms with Crippen LogP contribution in [-0.2, 0) is 6.42 Å². The second kappa shape index (κ2) is 6.57. The third-order valence-corrected chi connectivity index (χ3v) is 2.67. The van der Waals surface area contributed by atoms with Gasteiger partial charge in [-0.25, -0.2) is 0 Å². The summed E-state index contributed by atoms with van der Waals surface area (Å²) in [6.07, 6.45) is 3.64. The molecule has 1 aromatic rings. The third kappa shape index (κ3) is 3.88. The van der Waals surface area contributed by atoms with Crippen molar-refractivity contribution in [3.05, 3.63) is 35.2 Å². The summed E-state index contributed by atoms with van der Waals surface area (Å²) in [7, 11) is 0. The molecular formula is C15H23O. The molecule has 1 heteroatoms. The Labute approximate surface area is 99.8 Å². The van der Waals surface area contributed by atoms with Crippen LogP contribution in [0.25, 0.3) is 0 Å². The van der Waals surface area contributed by atoms with E-state index in [-0.39, 0.29) is 0 Å². The molecule has 0 unspecified atom stereocenters. The van der Waals surface area contributed by atoms with E-state index in [1.165, 1.54) is 29.9 Å². The molecule has 1 rings (SSSR count). The first-order chi connectivity index (χ1) is 7.67. The van der Waals surface area contributed by atoms with Crippen LogP contribution in [0.1, 0.15) is 51.7 Å². The van der Waals surface area contributed by atoms with Gasteiger partial charge in [-0.15, -0.1) is 0 Å². The Morgan fingerprint density at radius 3 is 2.44 bits per heavy atom. The third-order valence-electron chi connectivity index (χ3n) is 2.67. The number of hydrogen-bond donors (Lipinski definition) is 0. The van der Waals surface area contributed by atoms with Gasteiger partial charge in [0.1, 0.15) is 5.75 Å². The zero-order valence-electron chi connectivity index (χ0n) is 11.0. The first-order valence-electron chi connectivity index (χ1n) is 6.24. The maximum absolute atomic E-state index is 5.60. The molecule has 0 aromatic heterocycles. The van der Waals surface area contributed by atoms with Gasteiger partial charge in [0.05, 0.1) is 6.61 Å². The predicted octanol–water partition coefficient (Wildman–Crippen LogP) is 4.39. The van der Waals surface area contributed by atoms with Crippen molar-refractivity contribution in [2.24, 2.45) is 0 Å². The molecule has 1 radical (unpaired) electrons. The summed E-state index contributed by atoms with van der Waals surface area (Å²) < 4.78 is 5.60. The summed E-state index contributed by atoms with van der Waals surface area (Å²) in [5, 5.41) is 0. The van der Waals surface area contributed by atoms with Crippen molar-refractivity contribution >= 4 is 0 Å². The quantitative estimate of drug-likeness (QED) is 0.689. The monoisotopic (exact) mass is 219 g/mol. The van der Waals surface area contributed by atoms with Gasteiger partial charge in [0.2, 0.25) is 0 Å². The molecule has 0 N–H and O–H groups in total. The van der Waals surface area contributed by atoms with Crippen LogP contribution in [0.4, 0.5) is 0 Å². The molecule has 0 bridgehead atoms. The molecule has 0 fully saturated rings. The van der Waals surface area contributed by atoms with E-state index in [9.17, 15) is 0 Å². The fourth-order valence-corrected chi connectivity index (χ4v) is 1.72. The fraction of sp³-hybridized carbons (Fsp3) is 0.533. The lowest BCUT2D eigenvalue weighted by atomic mass is 9.98. The van der Waals surface area contributed by atoms with Crippen LogP contribution in [0, 0.1) is 5.92 Å². The topological polar surface area (TPSA) is 9.23 Å². The summed E-state index contributed by atoms with van der Waals surface area (Å²) in [5.41, 5.74) is 2.70. The highest BCUT2D eigenvalue weighted by Crippen LogP contribution is 2.23. The van der Waals surface area contributed by atoms with Crippen LogP contribution in [0.15, 0.2) is 18.2 Å². The molecule has 0 saturated carbocycles. The maximum Gasteiger partial charge on any atom is 0.119 e. The highest BCUT2D eigenvalue weighted by Gasteiger charge is 2.05. The van der Waals surface area contributed by atoms with Crippen LogP contribution >= 0.6 is 0 Å². The van der Waals surface area contributed by atoms with E-state index in [1.807, 2.05) is 6.92 Å². The lowest BCUT2D eigenvalue weighted by Crippen LogP contribution is -1.97. The molecular weight excluding hydrogens is 196 g/mol. The zero-order chi connectivity index (χ0) is 12.0. The van der Waals surface area contributed by atoms with E-state index in [2.05, 4.69) is 39.0 Å². The second-order valence-corrected chi connectivity index (χ2v) is 4.40. The van der Waals surface area contributed by atoms with E-state index >= 15 is 0 Å². The minimum absolute atomic E-state index is 0.736. The van der Waals surface area contributed by atoms with E-state index < -0.39 is 0 Å². The number of aryl methyl sites for hydroxylation is 1. The number of rotatable bonds is 6. The largest absolute Gasteiger partial charge is 0.494 e. The fourth-order valence-electron chi connectivity index (χ4n) is 1.72. The van der Waals surface area contributed by atoms with Crippen molar-refractivity contribution in [1.29, 1.82) is 0 Å². The Kier molecular flexibility index (Phi) is 5.37. The van der Waals surface area contributed by atoms with Gasteiger partial charge in [-0.2, -0.15) is 0 Å². The molecule has 0 aliphatic carbocycles. The molecule has 16 heavy (non-hydrogen) atoms. The van der Waals surface area contributed by atoms with Crippen molar-refractivity contribution in [3.8, 4) is 5.75 Å². The van der Waals surface area contributed by atoms with Gasteiger partial charge in [0.15, 0.2) is 0 Å². The number of unbranched alkanes of at least 4 members (excludes halogenated alkanes) is 1. The maximum atomic E-state index is 5.60. The van der Waals surface area contributed by atoms with Crippen molar-refractivity contribution < 1.29 is 4.74 Å². The van der Waals surface area contributed by atoms with Crippen molar-refractivity contribution in [1.82, 2.24) is 0 Å². The molecule has 0 amide bonds. The SMILES string of the molecule is CCCCc1cc(OCC)cc([C](C)C)c1. The smallest absolute Gasteiger partial charge is 0.119 e. The number of hydrogen-bond acceptors (Lipinski definition) is 1. The van der Waals surface area contributed by atoms with Gasteiger partial charge < -0.3 is 4.74 Å². The number of ether oxygens (including phenoxy) is 1. The Balaban J connectivity index is 2.89. The molecule has 1 nitrogen and oxygen atoms in total. The van der Waals surface area contributed by atoms with Gasteiger partial charge in [-0.3, -0.25) is 0 Å². The molecule has 1 aromatic carbocycles. The summed E-state index contributed by atoms with van der Waals surface area (Å²) in [6, 6.07) is 6.59. The van der Waals surface area contributed by atoms with Crippen molar-refractivity contribution in [3.63, 3.8) is 0 Å². The predicted molar refractivity (Wildman–Crippen MR) is 69.9 cm³/mol. The van der Waals surface area contributed by atoms with Crippen molar-refractivity contribution in [2.45, 2.75) is 47.0 Å². The Bertz CT molecular complexity index is 315. The minimum atomic E-state index is 0.736. The average molecular weight is 219 g/mol. The van der Waals surface area contributed by atoms with Crippen LogP contribution < -0.4 is 4.74 Å². The van der Waals surface area contributed by atoms with Gasteiger partial charge in [-0.1, -0.05) is 33.3 Å². The Morgan fingerprint density at radius 1 is 1.12 bits per heavy atom. The molecule has 0 heterocycles. The highest BCUT2D eigenvalue weighted by atomic mass is 16.5. The highest BCUT2D eigenvalue weighted by molar-refractivity contribution is 5.40. The summed E-state index contributed by atoms with van der Waals surface area (Å²) >= 11 is 0. The van der Waals surface area contributed by atoms with Crippen LogP contribution in [0.5, 0.6) is 5.75 Å². The van der Waals surface area contributed by atoms with Gasteiger partial charge in [0, 0.05) is 0 Å². The Hall–Kier alpha value is -0.980. The molecule has 0 aliphatic rings. The van der Waals surface area contributed by atoms with Crippen LogP contribution in [0.2, 0.25) is 0 Å². The lowest BCUT2D eigenvalue weighted by molar-refractivity contribution is 0.339. The van der Waals surface area contributed by atoms with E-state index in [4.69, 9.17) is 4.74 Å². The second-order valence-electron chi connectivity index (χ2n) is 4.40. The molecule has 0 spiro atoms. The molecule has 0 saturated heterocycles. The normalized spacial score (nSPS) is 10.8. The van der Waals surface area contributed by atoms with Gasteiger partial charge in [-0.05, 0) is 48.9 Å². The van der Waals surface area contributed by atoms with E-state index in [0.717, 1.165) is 18.8 Å². The first-order valence-corrected chi connectivity index (χ1v) is 6.24. The van der Waals surface area contributed by atoms with Crippen molar-refractivity contribution in [2.75, 3.05) is 6.61 Å². The standard InChI is InChI=1S/C15H23O/c1-5-7-8-13-9-14(12(3)4)11-15(10-13)16-6-2/h9-11H,5-8H2,1-4H3. The van der Waals surface area contributed by atoms with Crippen LogP contribution in [0.3, 0.4) is 0 Å². The lowest BCUT2D eigenvalue weighted by Gasteiger charge is -2.12. The van der Waals surface area contributed by atoms with E-state index in [0.29, 0.717) is 0 Å². The van der Waals surface area contributed by atoms with Gasteiger partial charge >= 0.3 is 0 Å². The van der Waals surface area contributed by atoms with E-state index in [1.54, 1.807) is 0 Å². The minimum Gasteiger partial charge on any atom is -0.494 e. The summed E-state index contributed by atoms with van der Waals surface area (Å²) in [6.45, 7) is 9.29. The molecule has 0 aliphatic heterocycles. The number of benzene rings is 1. The Morgan fingerprint density at radius 2 is 1.88 bits per heavy atom. The first kappa shape index (κ1) is 13.1. The molecule has 0 atom stereocenters. The van der Waals surface area contributed by atoms with Crippen LogP contribution in [-0.4, -0.2) is 6.61 Å². The zero-order valence-corrected chi connectivity index (χ0v) is 11.0. The van der Waals surface area contributed by atoms with Gasteiger partial charge in [0.25, 0.3) is 0 Å². The molecule has 89 valence electrons. The summed E-state index contributed by atoms with van der Waals surface area (Å²) in [5.74, 6) is 2.35. The average Bonchev–Trinajstić information content (AvgIpc) is 2.26.